The average molecular weight is 602 g/mol. The molecule has 0 unspecified atom stereocenters. The summed E-state index contributed by atoms with van der Waals surface area (Å²) in [5, 5.41) is 14.4. The molecule has 3 N–H and O–H groups in total. The number of hydrogen-bond acceptors (Lipinski definition) is 6. The predicted octanol–water partition coefficient (Wildman–Crippen LogP) is 6.26. The number of ether oxygens (including phenoxy) is 1. The van der Waals surface area contributed by atoms with E-state index in [1.807, 2.05) is 30.3 Å². The summed E-state index contributed by atoms with van der Waals surface area (Å²) in [6, 6.07) is 21.5. The Morgan fingerprint density at radius 1 is 1.07 bits per heavy atom. The van der Waals surface area contributed by atoms with Crippen LogP contribution >= 0.6 is 23.2 Å². The van der Waals surface area contributed by atoms with E-state index < -0.39 is 12.1 Å². The number of carbonyl (C=O) groups excluding carboxylic acids is 2. The average Bonchev–Trinajstić information content (AvgIpc) is 3.67. The van der Waals surface area contributed by atoms with Gasteiger partial charge in [0.1, 0.15) is 16.7 Å². The van der Waals surface area contributed by atoms with Crippen molar-refractivity contribution in [2.75, 3.05) is 12.4 Å². The standard InChI is InChI=1S/C30H25Cl2N7O3/c1-42-30(41)34-23-11-7-20(8-12-23)27-28(32)37-29(36-27)24(17-19-5-3-2-4-6-19)35-26(40)14-9-21-18-22(31)10-13-25(21)39-16-15-33-38-39/h2-16,18,24H,17H2,1H3,(H,34,41)(H,35,40)(H,36,37)/b14-9+/t24-/m0/s1. The van der Waals surface area contributed by atoms with Gasteiger partial charge >= 0.3 is 6.09 Å². The van der Waals surface area contributed by atoms with Gasteiger partial charge in [-0.3, -0.25) is 10.1 Å². The summed E-state index contributed by atoms with van der Waals surface area (Å²) in [6.07, 6.45) is 6.27. The van der Waals surface area contributed by atoms with Gasteiger partial charge in [0.2, 0.25) is 5.91 Å². The summed E-state index contributed by atoms with van der Waals surface area (Å²) in [5.41, 5.74) is 4.21. The number of aromatic nitrogens is 5. The molecule has 5 rings (SSSR count). The molecular weight excluding hydrogens is 577 g/mol. The molecule has 0 spiro atoms. The van der Waals surface area contributed by atoms with Crippen molar-refractivity contribution in [3.05, 3.63) is 118 Å². The van der Waals surface area contributed by atoms with E-state index in [9.17, 15) is 9.59 Å². The minimum atomic E-state index is -0.568. The zero-order chi connectivity index (χ0) is 29.5. The second-order valence-corrected chi connectivity index (χ2v) is 9.93. The Morgan fingerprint density at radius 3 is 2.57 bits per heavy atom. The van der Waals surface area contributed by atoms with Crippen LogP contribution in [-0.2, 0) is 16.0 Å². The van der Waals surface area contributed by atoms with E-state index in [0.717, 1.165) is 16.8 Å². The van der Waals surface area contributed by atoms with Crippen molar-refractivity contribution >= 4 is 47.0 Å². The SMILES string of the molecule is COC(=O)Nc1ccc(-c2nc([C@H](Cc3ccccc3)NC(=O)/C=C/c3cc(Cl)ccc3-n3ccnn3)[nH]c2Cl)cc1. The Labute approximate surface area is 251 Å². The molecule has 5 aromatic rings. The first-order valence-electron chi connectivity index (χ1n) is 12.8. The fourth-order valence-corrected chi connectivity index (χ4v) is 4.69. The number of hydrogen-bond donors (Lipinski definition) is 3. The number of benzene rings is 3. The molecule has 42 heavy (non-hydrogen) atoms. The molecule has 212 valence electrons. The van der Waals surface area contributed by atoms with E-state index in [4.69, 9.17) is 28.2 Å². The number of nitrogens with one attached hydrogen (secondary N) is 3. The third-order valence-corrected chi connectivity index (χ3v) is 6.78. The van der Waals surface area contributed by atoms with Crippen LogP contribution in [-0.4, -0.2) is 44.1 Å². The molecule has 0 saturated carbocycles. The van der Waals surface area contributed by atoms with E-state index in [1.165, 1.54) is 13.2 Å². The molecule has 2 aromatic heterocycles. The van der Waals surface area contributed by atoms with E-state index in [-0.39, 0.29) is 5.91 Å². The minimum Gasteiger partial charge on any atom is -0.453 e. The smallest absolute Gasteiger partial charge is 0.411 e. The van der Waals surface area contributed by atoms with Crippen molar-refractivity contribution in [2.45, 2.75) is 12.5 Å². The summed E-state index contributed by atoms with van der Waals surface area (Å²) >= 11 is 12.8. The topological polar surface area (TPSA) is 127 Å². The van der Waals surface area contributed by atoms with Crippen molar-refractivity contribution in [3.63, 3.8) is 0 Å². The maximum Gasteiger partial charge on any atom is 0.411 e. The van der Waals surface area contributed by atoms with Gasteiger partial charge in [-0.1, -0.05) is 70.9 Å². The molecule has 0 fully saturated rings. The molecule has 2 heterocycles. The van der Waals surface area contributed by atoms with Gasteiger partial charge in [-0.2, -0.15) is 0 Å². The molecule has 0 aliphatic heterocycles. The van der Waals surface area contributed by atoms with Crippen LogP contribution in [0.2, 0.25) is 10.2 Å². The Morgan fingerprint density at radius 2 is 1.86 bits per heavy atom. The minimum absolute atomic E-state index is 0.318. The highest BCUT2D eigenvalue weighted by Gasteiger charge is 2.21. The third-order valence-electron chi connectivity index (χ3n) is 6.27. The van der Waals surface area contributed by atoms with Gasteiger partial charge in [-0.15, -0.1) is 5.10 Å². The fourth-order valence-electron chi connectivity index (χ4n) is 4.26. The van der Waals surface area contributed by atoms with E-state index in [1.54, 1.807) is 65.6 Å². The van der Waals surface area contributed by atoms with Crippen molar-refractivity contribution in [2.24, 2.45) is 0 Å². The summed E-state index contributed by atoms with van der Waals surface area (Å²) < 4.78 is 6.22. The van der Waals surface area contributed by atoms with Gasteiger partial charge in [0, 0.05) is 27.9 Å². The van der Waals surface area contributed by atoms with Gasteiger partial charge < -0.3 is 15.0 Å². The fraction of sp³-hybridized carbons (Fsp3) is 0.100. The maximum absolute atomic E-state index is 13.2. The number of halogens is 2. The number of methoxy groups -OCH3 is 1. The maximum atomic E-state index is 13.2. The van der Waals surface area contributed by atoms with Crippen molar-refractivity contribution < 1.29 is 14.3 Å². The number of anilines is 1. The predicted molar refractivity (Wildman–Crippen MR) is 161 cm³/mol. The highest BCUT2D eigenvalue weighted by Crippen LogP contribution is 2.29. The molecule has 0 aliphatic rings. The van der Waals surface area contributed by atoms with Crippen molar-refractivity contribution in [1.82, 2.24) is 30.3 Å². The van der Waals surface area contributed by atoms with Crippen LogP contribution in [0.1, 0.15) is 23.0 Å². The van der Waals surface area contributed by atoms with Crippen LogP contribution in [0.25, 0.3) is 23.0 Å². The molecule has 0 radical (unpaired) electrons. The lowest BCUT2D eigenvalue weighted by Crippen LogP contribution is -2.29. The lowest BCUT2D eigenvalue weighted by atomic mass is 10.1. The molecule has 0 saturated heterocycles. The van der Waals surface area contributed by atoms with Gasteiger partial charge in [0.25, 0.3) is 0 Å². The first-order chi connectivity index (χ1) is 20.4. The van der Waals surface area contributed by atoms with Crippen LogP contribution in [0.15, 0.2) is 91.3 Å². The second kappa shape index (κ2) is 13.2. The molecule has 0 bridgehead atoms. The zero-order valence-corrected chi connectivity index (χ0v) is 23.8. The lowest BCUT2D eigenvalue weighted by molar-refractivity contribution is -0.117. The van der Waals surface area contributed by atoms with Gasteiger partial charge in [-0.05, 0) is 48.4 Å². The summed E-state index contributed by atoms with van der Waals surface area (Å²) in [5.74, 6) is 0.149. The Kier molecular flexibility index (Phi) is 8.96. The number of H-pyrrole nitrogens is 1. The summed E-state index contributed by atoms with van der Waals surface area (Å²) in [4.78, 5) is 32.6. The van der Waals surface area contributed by atoms with Gasteiger partial charge in [0.05, 0.1) is 31.2 Å². The second-order valence-electron chi connectivity index (χ2n) is 9.11. The van der Waals surface area contributed by atoms with Crippen LogP contribution in [0.3, 0.4) is 0 Å². The number of nitrogens with zero attached hydrogens (tertiary/aromatic N) is 4. The molecule has 0 aliphatic carbocycles. The first-order valence-corrected chi connectivity index (χ1v) is 13.5. The summed E-state index contributed by atoms with van der Waals surface area (Å²) in [7, 11) is 1.29. The van der Waals surface area contributed by atoms with E-state index >= 15 is 0 Å². The molecule has 1 atom stereocenters. The number of imidazole rings is 1. The van der Waals surface area contributed by atoms with Crippen LogP contribution in [0.5, 0.6) is 0 Å². The largest absolute Gasteiger partial charge is 0.453 e. The Bertz CT molecular complexity index is 1700. The van der Waals surface area contributed by atoms with Gasteiger partial charge in [-0.25, -0.2) is 14.5 Å². The monoisotopic (exact) mass is 601 g/mol. The summed E-state index contributed by atoms with van der Waals surface area (Å²) in [6.45, 7) is 0. The third kappa shape index (κ3) is 7.03. The van der Waals surface area contributed by atoms with Crippen molar-refractivity contribution in [1.29, 1.82) is 0 Å². The molecule has 12 heteroatoms. The number of aromatic amines is 1. The number of amides is 2. The molecule has 10 nitrogen and oxygen atoms in total. The van der Waals surface area contributed by atoms with Crippen LogP contribution in [0, 0.1) is 0 Å². The normalized spacial score (nSPS) is 11.8. The number of rotatable bonds is 9. The molecular formula is C30H25Cl2N7O3. The number of carbonyl (C=O) groups is 2. The van der Waals surface area contributed by atoms with E-state index in [2.05, 4.69) is 30.7 Å². The zero-order valence-electron chi connectivity index (χ0n) is 22.3. The highest BCUT2D eigenvalue weighted by molar-refractivity contribution is 6.32. The van der Waals surface area contributed by atoms with E-state index in [0.29, 0.717) is 39.4 Å². The van der Waals surface area contributed by atoms with Gasteiger partial charge in [0.15, 0.2) is 0 Å². The van der Waals surface area contributed by atoms with Crippen LogP contribution in [0.4, 0.5) is 10.5 Å². The Balaban J connectivity index is 1.39. The lowest BCUT2D eigenvalue weighted by Gasteiger charge is -2.16. The Hall–Kier alpha value is -4.93. The molecule has 3 aromatic carbocycles. The quantitative estimate of drug-likeness (QED) is 0.171. The van der Waals surface area contributed by atoms with Crippen LogP contribution < -0.4 is 10.6 Å². The first kappa shape index (κ1) is 28.6. The highest BCUT2D eigenvalue weighted by atomic mass is 35.5. The van der Waals surface area contributed by atoms with Crippen molar-refractivity contribution in [3.8, 4) is 16.9 Å². The molecule has 2 amide bonds.